The summed E-state index contributed by atoms with van der Waals surface area (Å²) in [4.78, 5) is 30.0. The molecule has 0 fully saturated rings. The SMILES string of the molecule is CC(=O)CCCCCCCCCCCCCCc1cnc(CCCCCCCCCCCCCCC(C)=O)[nH]1. The van der Waals surface area contributed by atoms with Crippen LogP contribution in [0.15, 0.2) is 6.20 Å². The number of aryl methyl sites for hydroxylation is 2. The third-order valence-electron chi connectivity index (χ3n) is 8.10. The van der Waals surface area contributed by atoms with E-state index < -0.39 is 0 Å². The third kappa shape index (κ3) is 25.3. The smallest absolute Gasteiger partial charge is 0.129 e. The highest BCUT2D eigenvalue weighted by atomic mass is 16.1. The molecular weight excluding hydrogens is 480 g/mol. The Bertz CT molecular complexity index is 640. The van der Waals surface area contributed by atoms with Crippen molar-refractivity contribution in [2.24, 2.45) is 0 Å². The Labute approximate surface area is 242 Å². The Kier molecular flexibility index (Phi) is 24.4. The summed E-state index contributed by atoms with van der Waals surface area (Å²) in [5, 5.41) is 0. The summed E-state index contributed by atoms with van der Waals surface area (Å²) >= 11 is 0. The van der Waals surface area contributed by atoms with Gasteiger partial charge in [0, 0.05) is 31.2 Å². The van der Waals surface area contributed by atoms with Crippen molar-refractivity contribution in [2.45, 2.75) is 194 Å². The molecule has 1 aromatic heterocycles. The van der Waals surface area contributed by atoms with Crippen LogP contribution in [0.1, 0.15) is 192 Å². The van der Waals surface area contributed by atoms with Crippen LogP contribution < -0.4 is 0 Å². The number of nitrogens with one attached hydrogen (secondary N) is 1. The van der Waals surface area contributed by atoms with Crippen LogP contribution in [0.3, 0.4) is 0 Å². The van der Waals surface area contributed by atoms with Crippen molar-refractivity contribution in [3.8, 4) is 0 Å². The first-order chi connectivity index (χ1) is 19.1. The number of hydrogen-bond acceptors (Lipinski definition) is 3. The van der Waals surface area contributed by atoms with Crippen LogP contribution >= 0.6 is 0 Å². The summed E-state index contributed by atoms with van der Waals surface area (Å²) in [5.74, 6) is 1.86. The Morgan fingerprint density at radius 3 is 1.15 bits per heavy atom. The summed E-state index contributed by atoms with van der Waals surface area (Å²) in [6, 6.07) is 0. The van der Waals surface area contributed by atoms with Crippen LogP contribution in [0.25, 0.3) is 0 Å². The average molecular weight is 545 g/mol. The van der Waals surface area contributed by atoms with Gasteiger partial charge in [0.25, 0.3) is 0 Å². The number of H-pyrrole nitrogens is 1. The van der Waals surface area contributed by atoms with E-state index in [-0.39, 0.29) is 0 Å². The number of ketones is 2. The Hall–Kier alpha value is -1.45. The lowest BCUT2D eigenvalue weighted by molar-refractivity contribution is -0.117. The van der Waals surface area contributed by atoms with Crippen LogP contribution in [-0.2, 0) is 22.4 Å². The number of aromatic amines is 1. The van der Waals surface area contributed by atoms with Gasteiger partial charge in [0.05, 0.1) is 0 Å². The molecule has 4 nitrogen and oxygen atoms in total. The molecule has 1 aromatic rings. The molecular formula is C35H64N2O2. The second kappa shape index (κ2) is 26.8. The van der Waals surface area contributed by atoms with E-state index in [0.29, 0.717) is 11.6 Å². The maximum Gasteiger partial charge on any atom is 0.129 e. The van der Waals surface area contributed by atoms with Crippen molar-refractivity contribution in [3.05, 3.63) is 17.7 Å². The standard InChI is InChI=1S/C35H64N2O2/c1-32(38)27-23-19-15-11-7-3-5-9-13-17-21-25-29-34-31-36-35(37-34)30-26-22-18-14-10-6-4-8-12-16-20-24-28-33(2)39/h31H,3-30H2,1-2H3,(H,36,37). The van der Waals surface area contributed by atoms with Crippen LogP contribution in [0, 0.1) is 0 Å². The van der Waals surface area contributed by atoms with Crippen LogP contribution in [0.5, 0.6) is 0 Å². The molecule has 0 saturated heterocycles. The Balaban J connectivity index is 1.81. The van der Waals surface area contributed by atoms with Gasteiger partial charge in [-0.3, -0.25) is 0 Å². The predicted octanol–water partition coefficient (Wildman–Crippen LogP) is 10.8. The molecule has 0 aliphatic carbocycles. The maximum atomic E-state index is 10.9. The first-order valence-electron chi connectivity index (χ1n) is 17.1. The quantitative estimate of drug-likeness (QED) is 0.0979. The number of carbonyl (C=O) groups is 2. The second-order valence-electron chi connectivity index (χ2n) is 12.2. The molecule has 226 valence electrons. The fourth-order valence-corrected chi connectivity index (χ4v) is 5.55. The van der Waals surface area contributed by atoms with Gasteiger partial charge in [0.15, 0.2) is 0 Å². The lowest BCUT2D eigenvalue weighted by Gasteiger charge is -2.03. The van der Waals surface area contributed by atoms with Gasteiger partial charge < -0.3 is 14.6 Å². The number of Topliss-reactive ketones (excluding diaryl/α,β-unsaturated/α-hetero) is 2. The molecule has 0 spiro atoms. The van der Waals surface area contributed by atoms with Crippen LogP contribution in [0.2, 0.25) is 0 Å². The molecule has 1 heterocycles. The van der Waals surface area contributed by atoms with Crippen LogP contribution in [-0.4, -0.2) is 21.5 Å². The van der Waals surface area contributed by atoms with E-state index in [1.807, 2.05) is 0 Å². The van der Waals surface area contributed by atoms with Crippen molar-refractivity contribution in [1.82, 2.24) is 9.97 Å². The largest absolute Gasteiger partial charge is 0.346 e. The molecule has 0 amide bonds. The number of imidazole rings is 1. The third-order valence-corrected chi connectivity index (χ3v) is 8.10. The summed E-state index contributed by atoms with van der Waals surface area (Å²) in [5.41, 5.74) is 1.33. The first-order valence-corrected chi connectivity index (χ1v) is 17.1. The minimum Gasteiger partial charge on any atom is -0.346 e. The molecule has 1 N–H and O–H groups in total. The van der Waals surface area contributed by atoms with Gasteiger partial charge in [-0.05, 0) is 46.0 Å². The number of rotatable bonds is 30. The minimum atomic E-state index is 0.337. The van der Waals surface area contributed by atoms with E-state index in [1.54, 1.807) is 13.8 Å². The molecule has 1 rings (SSSR count). The predicted molar refractivity (Wildman–Crippen MR) is 167 cm³/mol. The van der Waals surface area contributed by atoms with E-state index >= 15 is 0 Å². The van der Waals surface area contributed by atoms with Gasteiger partial charge in [-0.1, -0.05) is 128 Å². The molecule has 0 aromatic carbocycles. The van der Waals surface area contributed by atoms with Gasteiger partial charge >= 0.3 is 0 Å². The van der Waals surface area contributed by atoms with Crippen LogP contribution in [0.4, 0.5) is 0 Å². The van der Waals surface area contributed by atoms with E-state index in [4.69, 9.17) is 0 Å². The highest BCUT2D eigenvalue weighted by Crippen LogP contribution is 2.15. The fraction of sp³-hybridized carbons (Fsp3) is 0.857. The van der Waals surface area contributed by atoms with Crippen molar-refractivity contribution in [1.29, 1.82) is 0 Å². The highest BCUT2D eigenvalue weighted by molar-refractivity contribution is 5.75. The molecule has 0 radical (unpaired) electrons. The lowest BCUT2D eigenvalue weighted by Crippen LogP contribution is -1.91. The summed E-state index contributed by atoms with van der Waals surface area (Å²) in [6.07, 6.45) is 37.5. The second-order valence-corrected chi connectivity index (χ2v) is 12.2. The maximum absolute atomic E-state index is 10.9. The number of hydrogen-bond donors (Lipinski definition) is 1. The number of carbonyl (C=O) groups excluding carboxylic acids is 2. The zero-order valence-electron chi connectivity index (χ0n) is 26.1. The van der Waals surface area contributed by atoms with Crippen molar-refractivity contribution in [2.75, 3.05) is 0 Å². The van der Waals surface area contributed by atoms with Crippen molar-refractivity contribution >= 4 is 11.6 Å². The number of aromatic nitrogens is 2. The summed E-state index contributed by atoms with van der Waals surface area (Å²) < 4.78 is 0. The normalized spacial score (nSPS) is 11.3. The molecule has 0 aliphatic rings. The average Bonchev–Trinajstić information content (AvgIpc) is 3.36. The van der Waals surface area contributed by atoms with Gasteiger partial charge in [-0.15, -0.1) is 0 Å². The molecule has 39 heavy (non-hydrogen) atoms. The Morgan fingerprint density at radius 2 is 0.795 bits per heavy atom. The minimum absolute atomic E-state index is 0.337. The van der Waals surface area contributed by atoms with E-state index in [9.17, 15) is 9.59 Å². The van der Waals surface area contributed by atoms with Crippen molar-refractivity contribution < 1.29 is 9.59 Å². The Morgan fingerprint density at radius 1 is 0.487 bits per heavy atom. The monoisotopic (exact) mass is 544 g/mol. The lowest BCUT2D eigenvalue weighted by atomic mass is 10.0. The molecule has 0 bridgehead atoms. The van der Waals surface area contributed by atoms with E-state index in [2.05, 4.69) is 16.2 Å². The molecule has 4 heteroatoms. The molecule has 0 saturated carbocycles. The van der Waals surface area contributed by atoms with Gasteiger partial charge in [-0.25, -0.2) is 4.98 Å². The van der Waals surface area contributed by atoms with Crippen molar-refractivity contribution in [3.63, 3.8) is 0 Å². The molecule has 0 atom stereocenters. The zero-order valence-corrected chi connectivity index (χ0v) is 26.1. The van der Waals surface area contributed by atoms with Gasteiger partial charge in [0.2, 0.25) is 0 Å². The highest BCUT2D eigenvalue weighted by Gasteiger charge is 2.02. The van der Waals surface area contributed by atoms with Gasteiger partial charge in [-0.2, -0.15) is 0 Å². The summed E-state index contributed by atoms with van der Waals surface area (Å²) in [6.45, 7) is 3.40. The molecule has 0 aliphatic heterocycles. The summed E-state index contributed by atoms with van der Waals surface area (Å²) in [7, 11) is 0. The molecule has 0 unspecified atom stereocenters. The first kappa shape index (κ1) is 35.6. The van der Waals surface area contributed by atoms with E-state index in [1.165, 1.54) is 153 Å². The number of unbranched alkanes of at least 4 members (excludes halogenated alkanes) is 22. The number of nitrogens with zero attached hydrogens (tertiary/aromatic N) is 1. The fourth-order valence-electron chi connectivity index (χ4n) is 5.55. The zero-order chi connectivity index (χ0) is 28.2. The van der Waals surface area contributed by atoms with E-state index in [0.717, 1.165) is 38.5 Å². The topological polar surface area (TPSA) is 62.8 Å². The van der Waals surface area contributed by atoms with Gasteiger partial charge in [0.1, 0.15) is 17.4 Å².